The van der Waals surface area contributed by atoms with Crippen LogP contribution in [-0.2, 0) is 4.79 Å². The van der Waals surface area contributed by atoms with Gasteiger partial charge in [0.15, 0.2) is 5.78 Å². The minimum absolute atomic E-state index is 0.191. The zero-order valence-corrected chi connectivity index (χ0v) is 8.84. The molecular formula is C13H7N3O. The summed E-state index contributed by atoms with van der Waals surface area (Å²) in [6.07, 6.45) is 6.19. The summed E-state index contributed by atoms with van der Waals surface area (Å²) >= 11 is 0. The molecule has 2 aliphatic carbocycles. The third-order valence-electron chi connectivity index (χ3n) is 3.29. The molecule has 80 valence electrons. The van der Waals surface area contributed by atoms with Gasteiger partial charge >= 0.3 is 0 Å². The van der Waals surface area contributed by atoms with E-state index in [2.05, 4.69) is 15.4 Å². The molecule has 0 saturated carbocycles. The third kappa shape index (κ3) is 1.02. The van der Waals surface area contributed by atoms with Crippen LogP contribution in [-0.4, -0.2) is 21.2 Å². The quantitative estimate of drug-likeness (QED) is 0.621. The first kappa shape index (κ1) is 8.75. The molecular weight excluding hydrogens is 214 g/mol. The number of fused-ring (bicyclic) bond motifs is 4. The second kappa shape index (κ2) is 2.85. The molecule has 0 saturated heterocycles. The highest BCUT2D eigenvalue weighted by Gasteiger charge is 2.23. The molecule has 17 heavy (non-hydrogen) atoms. The number of rotatable bonds is 0. The highest BCUT2D eigenvalue weighted by molar-refractivity contribution is 6.27. The van der Waals surface area contributed by atoms with Crippen molar-refractivity contribution in [1.29, 1.82) is 0 Å². The minimum atomic E-state index is 0.191. The second-order valence-corrected chi connectivity index (χ2v) is 4.20. The van der Waals surface area contributed by atoms with Crippen molar-refractivity contribution in [2.75, 3.05) is 0 Å². The van der Waals surface area contributed by atoms with Gasteiger partial charge in [-0.1, -0.05) is 18.2 Å². The topological polar surface area (TPSA) is 55.7 Å². The number of hydrogen-bond acceptors (Lipinski definition) is 4. The van der Waals surface area contributed by atoms with E-state index in [0.717, 1.165) is 32.5 Å². The molecule has 0 aliphatic heterocycles. The van der Waals surface area contributed by atoms with E-state index in [9.17, 15) is 4.79 Å². The Kier molecular flexibility index (Phi) is 1.47. The lowest BCUT2D eigenvalue weighted by atomic mass is 10.1. The molecule has 2 aliphatic rings. The van der Waals surface area contributed by atoms with E-state index >= 15 is 0 Å². The van der Waals surface area contributed by atoms with Gasteiger partial charge < -0.3 is 0 Å². The first-order valence-corrected chi connectivity index (χ1v) is 5.41. The summed E-state index contributed by atoms with van der Waals surface area (Å²) in [6.45, 7) is 0. The minimum Gasteiger partial charge on any atom is -0.294 e. The Morgan fingerprint density at radius 3 is 3.12 bits per heavy atom. The molecule has 4 nitrogen and oxygen atoms in total. The van der Waals surface area contributed by atoms with Gasteiger partial charge in [-0.25, -0.2) is 0 Å². The second-order valence-electron chi connectivity index (χ2n) is 4.20. The maximum atomic E-state index is 11.8. The molecule has 0 spiro atoms. The van der Waals surface area contributed by atoms with Gasteiger partial charge in [-0.3, -0.25) is 4.79 Å². The van der Waals surface area contributed by atoms with Crippen LogP contribution in [0.1, 0.15) is 6.42 Å². The Morgan fingerprint density at radius 1 is 1.24 bits per heavy atom. The van der Waals surface area contributed by atoms with Gasteiger partial charge in [0.05, 0.1) is 6.20 Å². The monoisotopic (exact) mass is 221 g/mol. The van der Waals surface area contributed by atoms with E-state index in [-0.39, 0.29) is 5.78 Å². The average molecular weight is 221 g/mol. The molecule has 0 bridgehead atoms. The van der Waals surface area contributed by atoms with Gasteiger partial charge in [-0.2, -0.15) is 0 Å². The highest BCUT2D eigenvalue weighted by Crippen LogP contribution is 2.25. The van der Waals surface area contributed by atoms with Crippen molar-refractivity contribution in [2.45, 2.75) is 6.42 Å². The van der Waals surface area contributed by atoms with E-state index in [4.69, 9.17) is 0 Å². The largest absolute Gasteiger partial charge is 0.294 e. The summed E-state index contributed by atoms with van der Waals surface area (Å²) in [7, 11) is 0. The zero-order chi connectivity index (χ0) is 11.4. The first-order valence-electron chi connectivity index (χ1n) is 5.41. The van der Waals surface area contributed by atoms with Crippen molar-refractivity contribution in [3.8, 4) is 0 Å². The Balaban J connectivity index is 2.30. The summed E-state index contributed by atoms with van der Waals surface area (Å²) in [5, 5.41) is 14.4. The van der Waals surface area contributed by atoms with Crippen molar-refractivity contribution in [1.82, 2.24) is 15.4 Å². The summed E-state index contributed by atoms with van der Waals surface area (Å²) in [5.41, 5.74) is 2.67. The number of Topliss-reactive ketones (excluding diaryl/α,β-unsaturated/α-hetero) is 1. The van der Waals surface area contributed by atoms with Gasteiger partial charge in [0.1, 0.15) is 5.52 Å². The number of allylic oxidation sites excluding steroid dienone is 2. The molecule has 2 aromatic rings. The molecule has 0 fully saturated rings. The lowest BCUT2D eigenvalue weighted by Gasteiger charge is -1.95. The normalized spacial score (nSPS) is 16.8. The number of ketones is 1. The first-order chi connectivity index (χ1) is 8.34. The summed E-state index contributed by atoms with van der Waals surface area (Å²) < 4.78 is 0. The number of benzene rings is 1. The molecule has 1 aromatic heterocycles. The fraction of sp³-hybridized carbons (Fsp3) is 0.0769. The molecule has 0 N–H and O–H groups in total. The lowest BCUT2D eigenvalue weighted by molar-refractivity contribution is -0.112. The summed E-state index contributed by atoms with van der Waals surface area (Å²) in [5.74, 6) is 0.191. The van der Waals surface area contributed by atoms with Crippen molar-refractivity contribution < 1.29 is 4.79 Å². The molecule has 4 heteroatoms. The molecule has 0 unspecified atom stereocenters. The van der Waals surface area contributed by atoms with E-state index in [1.165, 1.54) is 0 Å². The summed E-state index contributed by atoms with van der Waals surface area (Å²) in [4.78, 5) is 11.8. The Labute approximate surface area is 96.0 Å². The molecule has 1 aromatic carbocycles. The highest BCUT2D eigenvalue weighted by atomic mass is 16.1. The SMILES string of the molecule is O=C1CC=C2C=c3c(ccc4cnnnc34)=C12. The molecule has 0 atom stereocenters. The molecule has 4 rings (SSSR count). The van der Waals surface area contributed by atoms with Crippen LogP contribution >= 0.6 is 0 Å². The van der Waals surface area contributed by atoms with E-state index in [0.29, 0.717) is 6.42 Å². The number of hydrogen-bond donors (Lipinski definition) is 0. The van der Waals surface area contributed by atoms with Crippen LogP contribution in [0.3, 0.4) is 0 Å². The maximum Gasteiger partial charge on any atom is 0.167 e. The number of carbonyl (C=O) groups excluding carboxylic acids is 1. The number of aromatic nitrogens is 3. The van der Waals surface area contributed by atoms with Gasteiger partial charge in [-0.15, -0.1) is 10.2 Å². The van der Waals surface area contributed by atoms with Crippen molar-refractivity contribution in [3.63, 3.8) is 0 Å². The fourth-order valence-electron chi connectivity index (χ4n) is 2.52. The molecule has 0 radical (unpaired) electrons. The summed E-state index contributed by atoms with van der Waals surface area (Å²) in [6, 6.07) is 3.90. The van der Waals surface area contributed by atoms with Gasteiger partial charge in [-0.05, 0) is 22.1 Å². The third-order valence-corrected chi connectivity index (χ3v) is 3.29. The van der Waals surface area contributed by atoms with Crippen molar-refractivity contribution >= 4 is 28.3 Å². The number of carbonyl (C=O) groups is 1. The average Bonchev–Trinajstić information content (AvgIpc) is 2.90. The molecule has 0 amide bonds. The predicted molar refractivity (Wildman–Crippen MR) is 62.2 cm³/mol. The Morgan fingerprint density at radius 2 is 2.18 bits per heavy atom. The van der Waals surface area contributed by atoms with Gasteiger partial charge in [0, 0.05) is 22.6 Å². The van der Waals surface area contributed by atoms with E-state index < -0.39 is 0 Å². The smallest absolute Gasteiger partial charge is 0.167 e. The van der Waals surface area contributed by atoms with Crippen LogP contribution in [0.15, 0.2) is 30.0 Å². The lowest BCUT2D eigenvalue weighted by Crippen LogP contribution is -2.26. The van der Waals surface area contributed by atoms with Crippen LogP contribution in [0.2, 0.25) is 0 Å². The van der Waals surface area contributed by atoms with Crippen LogP contribution in [0, 0.1) is 0 Å². The molecule has 1 heterocycles. The van der Waals surface area contributed by atoms with Crippen molar-refractivity contribution in [2.24, 2.45) is 0 Å². The Bertz CT molecular complexity index is 833. The predicted octanol–water partition coefficient (Wildman–Crippen LogP) is -0.131. The number of nitrogens with zero attached hydrogens (tertiary/aromatic N) is 3. The van der Waals surface area contributed by atoms with Crippen LogP contribution in [0.4, 0.5) is 0 Å². The van der Waals surface area contributed by atoms with E-state index in [1.54, 1.807) is 6.20 Å². The van der Waals surface area contributed by atoms with Crippen molar-refractivity contribution in [3.05, 3.63) is 40.4 Å². The standard InChI is InChI=1S/C13H7N3O/c17-11-4-2-7-5-10-9(12(7)11)3-1-8-6-14-16-15-13(8)10/h1-3,5-6H,4H2. The van der Waals surface area contributed by atoms with Crippen LogP contribution < -0.4 is 10.4 Å². The zero-order valence-electron chi connectivity index (χ0n) is 8.84. The van der Waals surface area contributed by atoms with Gasteiger partial charge in [0.2, 0.25) is 0 Å². The fourth-order valence-corrected chi connectivity index (χ4v) is 2.52. The van der Waals surface area contributed by atoms with Crippen LogP contribution in [0.5, 0.6) is 0 Å². The van der Waals surface area contributed by atoms with Crippen LogP contribution in [0.25, 0.3) is 22.6 Å². The Hall–Kier alpha value is -2.36. The van der Waals surface area contributed by atoms with E-state index in [1.807, 2.05) is 24.3 Å². The van der Waals surface area contributed by atoms with Gasteiger partial charge in [0.25, 0.3) is 0 Å². The maximum absolute atomic E-state index is 11.8.